The molecule has 0 unspecified atom stereocenters. The van der Waals surface area contributed by atoms with Gasteiger partial charge in [0.2, 0.25) is 6.20 Å². The lowest BCUT2D eigenvalue weighted by molar-refractivity contribution is -0.403. The molecular weight excluding hydrogens is 162 g/mol. The number of hydrogen-bond acceptors (Lipinski definition) is 3. The fourth-order valence-electron chi connectivity index (χ4n) is 0.797. The standard InChI is InChI=1S/C7H5NO4/c9-7(10)6-2-1-5(3-6)4-8(11)12/h1-4H,(H,9,10)/b5-4+. The van der Waals surface area contributed by atoms with E-state index in [1.54, 1.807) is 0 Å². The van der Waals surface area contributed by atoms with Crippen molar-refractivity contribution in [1.29, 1.82) is 0 Å². The molecule has 12 heavy (non-hydrogen) atoms. The summed E-state index contributed by atoms with van der Waals surface area (Å²) in [7, 11) is 0. The van der Waals surface area contributed by atoms with Crippen LogP contribution in [-0.4, -0.2) is 16.0 Å². The van der Waals surface area contributed by atoms with Gasteiger partial charge in [-0.2, -0.15) is 0 Å². The average Bonchev–Trinajstić information content (AvgIpc) is 2.34. The van der Waals surface area contributed by atoms with Crippen molar-refractivity contribution in [2.45, 2.75) is 0 Å². The number of carbonyl (C=O) groups is 1. The average molecular weight is 167 g/mol. The zero-order valence-electron chi connectivity index (χ0n) is 5.93. The summed E-state index contributed by atoms with van der Waals surface area (Å²) < 4.78 is 0. The number of carboxylic acids is 1. The molecule has 62 valence electrons. The van der Waals surface area contributed by atoms with E-state index in [0.717, 1.165) is 6.20 Å². The van der Waals surface area contributed by atoms with E-state index in [-0.39, 0.29) is 11.1 Å². The fourth-order valence-corrected chi connectivity index (χ4v) is 0.797. The van der Waals surface area contributed by atoms with E-state index in [0.29, 0.717) is 0 Å². The van der Waals surface area contributed by atoms with Gasteiger partial charge in [-0.1, -0.05) is 0 Å². The Morgan fingerprint density at radius 3 is 2.67 bits per heavy atom. The minimum absolute atomic E-state index is 0.0584. The largest absolute Gasteiger partial charge is 0.478 e. The molecule has 0 aromatic carbocycles. The van der Waals surface area contributed by atoms with Crippen molar-refractivity contribution in [2.75, 3.05) is 0 Å². The maximum Gasteiger partial charge on any atom is 0.335 e. The number of rotatable bonds is 2. The molecule has 0 aromatic rings. The molecule has 1 aliphatic carbocycles. The van der Waals surface area contributed by atoms with Crippen molar-refractivity contribution >= 4 is 5.97 Å². The van der Waals surface area contributed by atoms with Crippen LogP contribution in [0.5, 0.6) is 0 Å². The Balaban J connectivity index is 2.86. The lowest BCUT2D eigenvalue weighted by Gasteiger charge is -1.84. The Kier molecular flexibility index (Phi) is 2.05. The number of carboxylic acid groups (broad SMARTS) is 1. The van der Waals surface area contributed by atoms with Gasteiger partial charge in [0.05, 0.1) is 10.5 Å². The number of nitrogens with zero attached hydrogens (tertiary/aromatic N) is 1. The zero-order valence-corrected chi connectivity index (χ0v) is 5.93. The van der Waals surface area contributed by atoms with Gasteiger partial charge >= 0.3 is 5.97 Å². The topological polar surface area (TPSA) is 80.4 Å². The van der Waals surface area contributed by atoms with Crippen molar-refractivity contribution in [1.82, 2.24) is 0 Å². The number of hydrogen-bond donors (Lipinski definition) is 1. The van der Waals surface area contributed by atoms with Crippen molar-refractivity contribution < 1.29 is 14.8 Å². The zero-order chi connectivity index (χ0) is 9.14. The van der Waals surface area contributed by atoms with Crippen LogP contribution in [0.3, 0.4) is 0 Å². The van der Waals surface area contributed by atoms with Gasteiger partial charge in [0.15, 0.2) is 0 Å². The quantitative estimate of drug-likeness (QED) is 0.485. The molecule has 5 heteroatoms. The Bertz CT molecular complexity index is 324. The normalized spacial score (nSPS) is 18.0. The second-order valence-corrected chi connectivity index (χ2v) is 2.15. The molecule has 0 atom stereocenters. The van der Waals surface area contributed by atoms with Gasteiger partial charge in [-0.05, 0) is 18.2 Å². The van der Waals surface area contributed by atoms with Gasteiger partial charge < -0.3 is 5.11 Å². The highest BCUT2D eigenvalue weighted by molar-refractivity contribution is 5.92. The highest BCUT2D eigenvalue weighted by Crippen LogP contribution is 2.14. The van der Waals surface area contributed by atoms with Crippen LogP contribution < -0.4 is 0 Å². The molecule has 0 bridgehead atoms. The molecule has 0 spiro atoms. The molecule has 0 aromatic heterocycles. The fraction of sp³-hybridized carbons (Fsp3) is 0. The third-order valence-electron chi connectivity index (χ3n) is 1.28. The van der Waals surface area contributed by atoms with Crippen LogP contribution in [0.2, 0.25) is 0 Å². The molecule has 0 saturated heterocycles. The van der Waals surface area contributed by atoms with E-state index < -0.39 is 10.9 Å². The summed E-state index contributed by atoms with van der Waals surface area (Å²) in [5, 5.41) is 18.4. The first-order valence-corrected chi connectivity index (χ1v) is 3.08. The van der Waals surface area contributed by atoms with Crippen LogP contribution in [0, 0.1) is 10.1 Å². The predicted molar refractivity (Wildman–Crippen MR) is 39.9 cm³/mol. The first-order chi connectivity index (χ1) is 5.59. The first kappa shape index (κ1) is 8.19. The minimum atomic E-state index is -1.09. The third-order valence-corrected chi connectivity index (χ3v) is 1.28. The molecule has 0 amide bonds. The number of allylic oxidation sites excluding steroid dienone is 3. The molecule has 1 N–H and O–H groups in total. The van der Waals surface area contributed by atoms with Gasteiger partial charge in [-0.25, -0.2) is 4.79 Å². The molecule has 1 aliphatic rings. The lowest BCUT2D eigenvalue weighted by atomic mass is 10.3. The van der Waals surface area contributed by atoms with E-state index in [1.807, 2.05) is 0 Å². The van der Waals surface area contributed by atoms with Crippen molar-refractivity contribution in [3.63, 3.8) is 0 Å². The summed E-state index contributed by atoms with van der Waals surface area (Å²) in [4.78, 5) is 19.6. The summed E-state index contributed by atoms with van der Waals surface area (Å²) in [5.74, 6) is -1.09. The number of aliphatic carboxylic acids is 1. The molecule has 1 rings (SSSR count). The molecule has 0 fully saturated rings. The van der Waals surface area contributed by atoms with Crippen molar-refractivity contribution in [2.24, 2.45) is 0 Å². The Morgan fingerprint density at radius 1 is 1.58 bits per heavy atom. The van der Waals surface area contributed by atoms with Crippen LogP contribution in [0.1, 0.15) is 0 Å². The highest BCUT2D eigenvalue weighted by atomic mass is 16.6. The molecule has 5 nitrogen and oxygen atoms in total. The molecule has 0 aliphatic heterocycles. The van der Waals surface area contributed by atoms with E-state index in [1.165, 1.54) is 18.2 Å². The Labute approximate surface area is 67.5 Å². The molecule has 0 saturated carbocycles. The summed E-state index contributed by atoms with van der Waals surface area (Å²) in [6, 6.07) is 0. The van der Waals surface area contributed by atoms with Crippen LogP contribution in [-0.2, 0) is 4.79 Å². The van der Waals surface area contributed by atoms with Crippen molar-refractivity contribution in [3.8, 4) is 0 Å². The smallest absolute Gasteiger partial charge is 0.335 e. The predicted octanol–water partition coefficient (Wildman–Crippen LogP) is 0.728. The first-order valence-electron chi connectivity index (χ1n) is 3.08. The lowest BCUT2D eigenvalue weighted by Crippen LogP contribution is -1.94. The summed E-state index contributed by atoms with van der Waals surface area (Å²) in [6.45, 7) is 0. The maximum absolute atomic E-state index is 10.3. The van der Waals surface area contributed by atoms with E-state index >= 15 is 0 Å². The summed E-state index contributed by atoms with van der Waals surface area (Å²) in [6.07, 6.45) is 4.70. The van der Waals surface area contributed by atoms with Crippen molar-refractivity contribution in [3.05, 3.63) is 45.7 Å². The summed E-state index contributed by atoms with van der Waals surface area (Å²) in [5.41, 5.74) is 0.348. The monoisotopic (exact) mass is 167 g/mol. The van der Waals surface area contributed by atoms with Gasteiger partial charge in [0.1, 0.15) is 0 Å². The van der Waals surface area contributed by atoms with E-state index in [2.05, 4.69) is 0 Å². The van der Waals surface area contributed by atoms with Gasteiger partial charge in [0, 0.05) is 5.57 Å². The third kappa shape index (κ3) is 1.79. The van der Waals surface area contributed by atoms with E-state index in [4.69, 9.17) is 5.11 Å². The Morgan fingerprint density at radius 2 is 2.25 bits per heavy atom. The van der Waals surface area contributed by atoms with Crippen LogP contribution in [0.4, 0.5) is 0 Å². The van der Waals surface area contributed by atoms with Crippen LogP contribution in [0.25, 0.3) is 0 Å². The van der Waals surface area contributed by atoms with Crippen LogP contribution in [0.15, 0.2) is 35.6 Å². The van der Waals surface area contributed by atoms with Gasteiger partial charge in [-0.15, -0.1) is 0 Å². The van der Waals surface area contributed by atoms with Gasteiger partial charge in [-0.3, -0.25) is 10.1 Å². The van der Waals surface area contributed by atoms with Crippen LogP contribution >= 0.6 is 0 Å². The molecule has 0 radical (unpaired) electrons. The van der Waals surface area contributed by atoms with E-state index in [9.17, 15) is 14.9 Å². The molecule has 0 heterocycles. The SMILES string of the molecule is O=C(O)C1=C/C(=C/[N+](=O)[O-])C=C1. The minimum Gasteiger partial charge on any atom is -0.478 e. The summed E-state index contributed by atoms with van der Waals surface area (Å²) >= 11 is 0. The highest BCUT2D eigenvalue weighted by Gasteiger charge is 2.10. The Hall–Kier alpha value is -1.91. The molecular formula is C7H5NO4. The maximum atomic E-state index is 10.3. The van der Waals surface area contributed by atoms with Gasteiger partial charge in [0.25, 0.3) is 0 Å². The second kappa shape index (κ2) is 3.00. The number of nitro groups is 1. The second-order valence-electron chi connectivity index (χ2n) is 2.15.